The lowest BCUT2D eigenvalue weighted by Gasteiger charge is -2.23. The van der Waals surface area contributed by atoms with Crippen molar-refractivity contribution in [2.75, 3.05) is 13.2 Å². The van der Waals surface area contributed by atoms with Crippen molar-refractivity contribution in [2.45, 2.75) is 64.6 Å². The highest BCUT2D eigenvalue weighted by Crippen LogP contribution is 2.19. The lowest BCUT2D eigenvalue weighted by molar-refractivity contribution is 0.0785. The van der Waals surface area contributed by atoms with Crippen LogP contribution < -0.4 is 5.32 Å². The van der Waals surface area contributed by atoms with E-state index >= 15 is 0 Å². The standard InChI is InChI=1S/C15H27N3O/c1-4-12(3)18-9-8-13(17-18)11-14(16-5-2)15-7-6-10-19-15/h8-9,12,14-16H,4-7,10-11H2,1-3H3. The summed E-state index contributed by atoms with van der Waals surface area (Å²) in [6, 6.07) is 3.02. The minimum Gasteiger partial charge on any atom is -0.377 e. The molecule has 1 aliphatic rings. The van der Waals surface area contributed by atoms with E-state index in [-0.39, 0.29) is 0 Å². The Morgan fingerprint density at radius 3 is 3.00 bits per heavy atom. The molecule has 3 atom stereocenters. The summed E-state index contributed by atoms with van der Waals surface area (Å²) in [7, 11) is 0. The molecular weight excluding hydrogens is 238 g/mol. The molecule has 1 aliphatic heterocycles. The Morgan fingerprint density at radius 2 is 2.37 bits per heavy atom. The third kappa shape index (κ3) is 3.80. The molecule has 1 fully saturated rings. The molecule has 4 nitrogen and oxygen atoms in total. The van der Waals surface area contributed by atoms with E-state index in [4.69, 9.17) is 9.84 Å². The molecule has 0 radical (unpaired) electrons. The monoisotopic (exact) mass is 265 g/mol. The molecule has 0 bridgehead atoms. The average Bonchev–Trinajstić information content (AvgIpc) is 3.08. The van der Waals surface area contributed by atoms with Gasteiger partial charge in [0.2, 0.25) is 0 Å². The van der Waals surface area contributed by atoms with Crippen LogP contribution >= 0.6 is 0 Å². The van der Waals surface area contributed by atoms with Crippen LogP contribution in [0.1, 0.15) is 51.8 Å². The Morgan fingerprint density at radius 1 is 1.53 bits per heavy atom. The van der Waals surface area contributed by atoms with Gasteiger partial charge in [-0.1, -0.05) is 13.8 Å². The smallest absolute Gasteiger partial charge is 0.0732 e. The van der Waals surface area contributed by atoms with E-state index in [0.717, 1.165) is 26.0 Å². The zero-order valence-electron chi connectivity index (χ0n) is 12.4. The van der Waals surface area contributed by atoms with Gasteiger partial charge in [-0.3, -0.25) is 4.68 Å². The van der Waals surface area contributed by atoms with Gasteiger partial charge in [-0.25, -0.2) is 0 Å². The fraction of sp³-hybridized carbons (Fsp3) is 0.800. The molecule has 108 valence electrons. The van der Waals surface area contributed by atoms with Crippen molar-refractivity contribution < 1.29 is 4.74 Å². The highest BCUT2D eigenvalue weighted by atomic mass is 16.5. The first kappa shape index (κ1) is 14.5. The molecule has 1 N–H and O–H groups in total. The molecule has 1 saturated heterocycles. The predicted octanol–water partition coefficient (Wildman–Crippen LogP) is 2.55. The molecule has 0 spiro atoms. The van der Waals surface area contributed by atoms with Gasteiger partial charge in [0.1, 0.15) is 0 Å². The molecule has 0 saturated carbocycles. The number of nitrogens with one attached hydrogen (secondary N) is 1. The number of aromatic nitrogens is 2. The van der Waals surface area contributed by atoms with E-state index in [1.54, 1.807) is 0 Å². The Labute approximate surface area is 116 Å². The molecule has 0 aliphatic carbocycles. The highest BCUT2D eigenvalue weighted by molar-refractivity contribution is 5.03. The third-order valence-electron chi connectivity index (χ3n) is 4.02. The minimum absolute atomic E-state index is 0.355. The number of hydrogen-bond acceptors (Lipinski definition) is 3. The van der Waals surface area contributed by atoms with Gasteiger partial charge in [0.15, 0.2) is 0 Å². The third-order valence-corrected chi connectivity index (χ3v) is 4.02. The predicted molar refractivity (Wildman–Crippen MR) is 77.4 cm³/mol. The number of ether oxygens (including phenoxy) is 1. The summed E-state index contributed by atoms with van der Waals surface area (Å²) in [5, 5.41) is 8.25. The van der Waals surface area contributed by atoms with Crippen LogP contribution in [0, 0.1) is 0 Å². The van der Waals surface area contributed by atoms with Crippen molar-refractivity contribution >= 4 is 0 Å². The van der Waals surface area contributed by atoms with Crippen LogP contribution in [0.4, 0.5) is 0 Å². The molecule has 1 aromatic heterocycles. The Hall–Kier alpha value is -0.870. The molecule has 19 heavy (non-hydrogen) atoms. The fourth-order valence-corrected chi connectivity index (χ4v) is 2.66. The van der Waals surface area contributed by atoms with Crippen LogP contribution in [0.5, 0.6) is 0 Å². The summed E-state index contributed by atoms with van der Waals surface area (Å²) < 4.78 is 7.90. The lowest BCUT2D eigenvalue weighted by atomic mass is 10.0. The van der Waals surface area contributed by atoms with E-state index < -0.39 is 0 Å². The van der Waals surface area contributed by atoms with E-state index in [0.29, 0.717) is 18.2 Å². The lowest BCUT2D eigenvalue weighted by Crippen LogP contribution is -2.41. The topological polar surface area (TPSA) is 39.1 Å². The average molecular weight is 265 g/mol. The molecular formula is C15H27N3O. The van der Waals surface area contributed by atoms with Crippen molar-refractivity contribution in [1.82, 2.24) is 15.1 Å². The molecule has 4 heteroatoms. The Balaban J connectivity index is 1.97. The maximum atomic E-state index is 5.82. The Kier molecular flexibility index (Phi) is 5.40. The summed E-state index contributed by atoms with van der Waals surface area (Å²) in [5.41, 5.74) is 1.17. The minimum atomic E-state index is 0.355. The second kappa shape index (κ2) is 7.06. The number of rotatable bonds is 7. The SMILES string of the molecule is CCNC(Cc1ccn(C(C)CC)n1)C1CCCO1. The highest BCUT2D eigenvalue weighted by Gasteiger charge is 2.26. The Bertz CT molecular complexity index is 371. The van der Waals surface area contributed by atoms with Crippen LogP contribution in [0.3, 0.4) is 0 Å². The van der Waals surface area contributed by atoms with Crippen molar-refractivity contribution in [2.24, 2.45) is 0 Å². The van der Waals surface area contributed by atoms with Crippen molar-refractivity contribution in [3.8, 4) is 0 Å². The fourth-order valence-electron chi connectivity index (χ4n) is 2.66. The van der Waals surface area contributed by atoms with Gasteiger partial charge in [-0.2, -0.15) is 5.10 Å². The van der Waals surface area contributed by atoms with Crippen LogP contribution in [0.2, 0.25) is 0 Å². The van der Waals surface area contributed by atoms with E-state index in [1.165, 1.54) is 18.5 Å². The summed E-state index contributed by atoms with van der Waals surface area (Å²) >= 11 is 0. The summed E-state index contributed by atoms with van der Waals surface area (Å²) in [6.45, 7) is 8.45. The summed E-state index contributed by atoms with van der Waals surface area (Å²) in [4.78, 5) is 0. The van der Waals surface area contributed by atoms with E-state index in [1.807, 2.05) is 0 Å². The summed E-state index contributed by atoms with van der Waals surface area (Å²) in [5.74, 6) is 0. The van der Waals surface area contributed by atoms with E-state index in [9.17, 15) is 0 Å². The number of likely N-dealkylation sites (N-methyl/N-ethyl adjacent to an activating group) is 1. The molecule has 2 heterocycles. The van der Waals surface area contributed by atoms with Gasteiger partial charge >= 0.3 is 0 Å². The van der Waals surface area contributed by atoms with Crippen LogP contribution in [0.15, 0.2) is 12.3 Å². The van der Waals surface area contributed by atoms with E-state index in [2.05, 4.69) is 43.0 Å². The molecule has 2 rings (SSSR count). The number of hydrogen-bond donors (Lipinski definition) is 1. The maximum absolute atomic E-state index is 5.82. The van der Waals surface area contributed by atoms with Gasteiger partial charge in [0.05, 0.1) is 11.8 Å². The van der Waals surface area contributed by atoms with Crippen molar-refractivity contribution in [3.05, 3.63) is 18.0 Å². The van der Waals surface area contributed by atoms with Gasteiger partial charge in [0, 0.05) is 31.3 Å². The molecule has 0 aromatic carbocycles. The van der Waals surface area contributed by atoms with Crippen LogP contribution in [-0.4, -0.2) is 35.1 Å². The zero-order valence-corrected chi connectivity index (χ0v) is 12.4. The zero-order chi connectivity index (χ0) is 13.7. The van der Waals surface area contributed by atoms with Gasteiger partial charge in [-0.05, 0) is 38.8 Å². The normalized spacial score (nSPS) is 22.6. The van der Waals surface area contributed by atoms with Gasteiger partial charge in [0.25, 0.3) is 0 Å². The molecule has 0 amide bonds. The number of nitrogens with zero attached hydrogens (tertiary/aromatic N) is 2. The first-order valence-electron chi connectivity index (χ1n) is 7.63. The van der Waals surface area contributed by atoms with Gasteiger partial charge in [-0.15, -0.1) is 0 Å². The maximum Gasteiger partial charge on any atom is 0.0732 e. The summed E-state index contributed by atoms with van der Waals surface area (Å²) in [6.07, 6.45) is 6.89. The molecule has 3 unspecified atom stereocenters. The largest absolute Gasteiger partial charge is 0.377 e. The van der Waals surface area contributed by atoms with Crippen molar-refractivity contribution in [3.63, 3.8) is 0 Å². The van der Waals surface area contributed by atoms with Crippen LogP contribution in [-0.2, 0) is 11.2 Å². The van der Waals surface area contributed by atoms with Gasteiger partial charge < -0.3 is 10.1 Å². The second-order valence-corrected chi connectivity index (χ2v) is 5.46. The van der Waals surface area contributed by atoms with Crippen molar-refractivity contribution in [1.29, 1.82) is 0 Å². The molecule has 1 aromatic rings. The first-order chi connectivity index (χ1) is 9.24. The quantitative estimate of drug-likeness (QED) is 0.823. The van der Waals surface area contributed by atoms with Crippen LogP contribution in [0.25, 0.3) is 0 Å². The second-order valence-electron chi connectivity index (χ2n) is 5.46. The first-order valence-corrected chi connectivity index (χ1v) is 7.63.